The van der Waals surface area contributed by atoms with Crippen LogP contribution in [-0.4, -0.2) is 12.0 Å². The highest BCUT2D eigenvalue weighted by Crippen LogP contribution is 2.20. The van der Waals surface area contributed by atoms with Crippen LogP contribution in [0, 0.1) is 27.7 Å². The van der Waals surface area contributed by atoms with E-state index in [2.05, 4.69) is 43.4 Å². The van der Waals surface area contributed by atoms with Gasteiger partial charge in [0.25, 0.3) is 5.91 Å². The second kappa shape index (κ2) is 7.52. The van der Waals surface area contributed by atoms with Gasteiger partial charge < -0.3 is 10.1 Å². The van der Waals surface area contributed by atoms with E-state index in [1.54, 1.807) is 6.92 Å². The van der Waals surface area contributed by atoms with Crippen LogP contribution in [-0.2, 0) is 4.79 Å². The number of ether oxygens (including phenoxy) is 1. The van der Waals surface area contributed by atoms with Crippen LogP contribution in [0.4, 0.5) is 0 Å². The lowest BCUT2D eigenvalue weighted by molar-refractivity contribution is -0.127. The first-order valence-electron chi connectivity index (χ1n) is 8.38. The van der Waals surface area contributed by atoms with Crippen LogP contribution in [0.1, 0.15) is 47.7 Å². The number of nitrogens with one attached hydrogen (secondary N) is 1. The molecule has 3 heteroatoms. The average molecular weight is 325 g/mol. The monoisotopic (exact) mass is 325 g/mol. The first-order valence-corrected chi connectivity index (χ1v) is 8.38. The standard InChI is InChI=1S/C21H27NO2/c1-13-7-8-20(16(4)10-13)17(5)22-21(23)18(6)24-19-11-14(2)9-15(3)12-19/h7-12,17-18H,1-6H3,(H,22,23). The number of hydrogen-bond acceptors (Lipinski definition) is 2. The molecule has 2 aromatic rings. The molecule has 2 aromatic carbocycles. The Hall–Kier alpha value is -2.29. The van der Waals surface area contributed by atoms with Gasteiger partial charge in [-0.1, -0.05) is 29.8 Å². The second-order valence-corrected chi connectivity index (χ2v) is 6.67. The number of aryl methyl sites for hydroxylation is 4. The zero-order valence-electron chi connectivity index (χ0n) is 15.4. The first-order chi connectivity index (χ1) is 11.3. The highest BCUT2D eigenvalue weighted by atomic mass is 16.5. The molecule has 128 valence electrons. The fourth-order valence-electron chi connectivity index (χ4n) is 2.98. The Kier molecular flexibility index (Phi) is 5.66. The van der Waals surface area contributed by atoms with Crippen LogP contribution in [0.15, 0.2) is 36.4 Å². The Bertz CT molecular complexity index is 716. The molecular formula is C21H27NO2. The summed E-state index contributed by atoms with van der Waals surface area (Å²) in [5.74, 6) is 0.621. The van der Waals surface area contributed by atoms with Gasteiger partial charge in [-0.25, -0.2) is 0 Å². The molecule has 0 fully saturated rings. The first kappa shape index (κ1) is 18.1. The molecule has 0 aromatic heterocycles. The third-order valence-electron chi connectivity index (χ3n) is 4.13. The van der Waals surface area contributed by atoms with E-state index in [-0.39, 0.29) is 11.9 Å². The summed E-state index contributed by atoms with van der Waals surface area (Å²) >= 11 is 0. The van der Waals surface area contributed by atoms with Gasteiger partial charge in [0.2, 0.25) is 0 Å². The van der Waals surface area contributed by atoms with Crippen molar-refractivity contribution >= 4 is 5.91 Å². The molecule has 0 aliphatic rings. The van der Waals surface area contributed by atoms with Gasteiger partial charge in [-0.2, -0.15) is 0 Å². The smallest absolute Gasteiger partial charge is 0.261 e. The number of carbonyl (C=O) groups excluding carboxylic acids is 1. The summed E-state index contributed by atoms with van der Waals surface area (Å²) < 4.78 is 5.81. The van der Waals surface area contributed by atoms with Crippen molar-refractivity contribution in [3.63, 3.8) is 0 Å². The Morgan fingerprint density at radius 3 is 2.12 bits per heavy atom. The fourth-order valence-corrected chi connectivity index (χ4v) is 2.98. The number of rotatable bonds is 5. The maximum atomic E-state index is 12.4. The SMILES string of the molecule is Cc1cc(C)cc(OC(C)C(=O)NC(C)c2ccc(C)cc2C)c1. The van der Waals surface area contributed by atoms with Gasteiger partial charge in [0, 0.05) is 0 Å². The lowest BCUT2D eigenvalue weighted by atomic mass is 10.00. The molecule has 0 heterocycles. The molecule has 1 amide bonds. The van der Waals surface area contributed by atoms with Crippen LogP contribution in [0.25, 0.3) is 0 Å². The molecule has 0 saturated carbocycles. The van der Waals surface area contributed by atoms with Gasteiger partial charge in [-0.05, 0) is 75.9 Å². The maximum absolute atomic E-state index is 12.4. The molecule has 0 aliphatic carbocycles. The van der Waals surface area contributed by atoms with Crippen LogP contribution in [0.5, 0.6) is 5.75 Å². The van der Waals surface area contributed by atoms with Crippen molar-refractivity contribution in [3.8, 4) is 5.75 Å². The number of hydrogen-bond donors (Lipinski definition) is 1. The quantitative estimate of drug-likeness (QED) is 0.875. The van der Waals surface area contributed by atoms with Crippen LogP contribution in [0.3, 0.4) is 0 Å². The lowest BCUT2D eigenvalue weighted by Gasteiger charge is -2.21. The Labute approximate surface area is 145 Å². The van der Waals surface area contributed by atoms with E-state index in [0.717, 1.165) is 22.4 Å². The van der Waals surface area contributed by atoms with Crippen molar-refractivity contribution in [2.45, 2.75) is 53.7 Å². The summed E-state index contributed by atoms with van der Waals surface area (Å²) in [7, 11) is 0. The van der Waals surface area contributed by atoms with Gasteiger partial charge >= 0.3 is 0 Å². The zero-order valence-corrected chi connectivity index (χ0v) is 15.4. The van der Waals surface area contributed by atoms with E-state index in [0.29, 0.717) is 0 Å². The summed E-state index contributed by atoms with van der Waals surface area (Å²) in [6.07, 6.45) is -0.542. The Balaban J connectivity index is 2.02. The second-order valence-electron chi connectivity index (χ2n) is 6.67. The van der Waals surface area contributed by atoms with Crippen molar-refractivity contribution in [2.24, 2.45) is 0 Å². The van der Waals surface area contributed by atoms with E-state index >= 15 is 0 Å². The van der Waals surface area contributed by atoms with Gasteiger partial charge in [0.05, 0.1) is 6.04 Å². The van der Waals surface area contributed by atoms with Crippen molar-refractivity contribution in [3.05, 3.63) is 64.2 Å². The molecule has 2 rings (SSSR count). The summed E-state index contributed by atoms with van der Waals surface area (Å²) in [6, 6.07) is 12.2. The molecule has 2 atom stereocenters. The molecule has 0 aliphatic heterocycles. The van der Waals surface area contributed by atoms with E-state index < -0.39 is 6.10 Å². The van der Waals surface area contributed by atoms with Gasteiger partial charge in [-0.3, -0.25) is 4.79 Å². The highest BCUT2D eigenvalue weighted by molar-refractivity contribution is 5.81. The number of amides is 1. The van der Waals surface area contributed by atoms with Gasteiger partial charge in [-0.15, -0.1) is 0 Å². The van der Waals surface area contributed by atoms with Crippen LogP contribution in [0.2, 0.25) is 0 Å². The minimum atomic E-state index is -0.542. The van der Waals surface area contributed by atoms with Crippen molar-refractivity contribution < 1.29 is 9.53 Å². The zero-order chi connectivity index (χ0) is 17.9. The van der Waals surface area contributed by atoms with E-state index in [1.165, 1.54) is 11.1 Å². The van der Waals surface area contributed by atoms with E-state index in [1.807, 2.05) is 32.9 Å². The fraction of sp³-hybridized carbons (Fsp3) is 0.381. The third kappa shape index (κ3) is 4.60. The summed E-state index contributed by atoms with van der Waals surface area (Å²) in [4.78, 5) is 12.4. The maximum Gasteiger partial charge on any atom is 0.261 e. The van der Waals surface area contributed by atoms with E-state index in [4.69, 9.17) is 4.74 Å². The molecule has 0 saturated heterocycles. The lowest BCUT2D eigenvalue weighted by Crippen LogP contribution is -2.38. The molecule has 0 spiro atoms. The predicted molar refractivity (Wildman–Crippen MR) is 98.5 cm³/mol. The summed E-state index contributed by atoms with van der Waals surface area (Å²) in [5, 5.41) is 3.04. The number of carbonyl (C=O) groups is 1. The van der Waals surface area contributed by atoms with Gasteiger partial charge in [0.1, 0.15) is 5.75 Å². The molecular weight excluding hydrogens is 298 g/mol. The molecule has 0 radical (unpaired) electrons. The minimum absolute atomic E-state index is 0.0524. The number of benzene rings is 2. The largest absolute Gasteiger partial charge is 0.481 e. The third-order valence-corrected chi connectivity index (χ3v) is 4.13. The average Bonchev–Trinajstić information content (AvgIpc) is 2.45. The highest BCUT2D eigenvalue weighted by Gasteiger charge is 2.18. The molecule has 3 nitrogen and oxygen atoms in total. The van der Waals surface area contributed by atoms with Gasteiger partial charge in [0.15, 0.2) is 6.10 Å². The van der Waals surface area contributed by atoms with Crippen LogP contribution >= 0.6 is 0 Å². The van der Waals surface area contributed by atoms with Crippen molar-refractivity contribution in [2.75, 3.05) is 0 Å². The topological polar surface area (TPSA) is 38.3 Å². The van der Waals surface area contributed by atoms with Crippen LogP contribution < -0.4 is 10.1 Å². The molecule has 0 bridgehead atoms. The Morgan fingerprint density at radius 2 is 1.54 bits per heavy atom. The summed E-state index contributed by atoms with van der Waals surface area (Å²) in [5.41, 5.74) is 5.79. The van der Waals surface area contributed by atoms with Crippen molar-refractivity contribution in [1.29, 1.82) is 0 Å². The Morgan fingerprint density at radius 1 is 0.917 bits per heavy atom. The summed E-state index contributed by atoms with van der Waals surface area (Å²) in [6.45, 7) is 12.0. The molecule has 2 unspecified atom stereocenters. The van der Waals surface area contributed by atoms with E-state index in [9.17, 15) is 4.79 Å². The molecule has 24 heavy (non-hydrogen) atoms. The predicted octanol–water partition coefficient (Wildman–Crippen LogP) is 4.56. The minimum Gasteiger partial charge on any atom is -0.481 e. The normalized spacial score (nSPS) is 13.2. The molecule has 1 N–H and O–H groups in total. The van der Waals surface area contributed by atoms with Crippen molar-refractivity contribution in [1.82, 2.24) is 5.32 Å².